The molecule has 0 fully saturated rings. The Morgan fingerprint density at radius 3 is 2.86 bits per heavy atom. The maximum absolute atomic E-state index is 12.8. The molecule has 1 amide bonds. The van der Waals surface area contributed by atoms with Gasteiger partial charge in [0.15, 0.2) is 0 Å². The minimum absolute atomic E-state index is 0.242. The Morgan fingerprint density at radius 1 is 1.18 bits per heavy atom. The van der Waals surface area contributed by atoms with Gasteiger partial charge in [-0.25, -0.2) is 4.98 Å². The number of nitrogens with zero attached hydrogens (tertiary/aromatic N) is 2. The number of carbonyl (C=O) groups is 1. The summed E-state index contributed by atoms with van der Waals surface area (Å²) in [5.41, 5.74) is 2.91. The summed E-state index contributed by atoms with van der Waals surface area (Å²) in [6.45, 7) is 1.66. The zero-order chi connectivity index (χ0) is 19.3. The third-order valence-electron chi connectivity index (χ3n) is 4.53. The zero-order valence-corrected chi connectivity index (χ0v) is 15.9. The van der Waals surface area contributed by atoms with E-state index in [2.05, 4.69) is 20.6 Å². The number of para-hydroxylation sites is 2. The van der Waals surface area contributed by atoms with Crippen LogP contribution in [0.5, 0.6) is 0 Å². The van der Waals surface area contributed by atoms with E-state index in [0.29, 0.717) is 10.6 Å². The lowest BCUT2D eigenvalue weighted by atomic mass is 10.1. The Labute approximate surface area is 167 Å². The van der Waals surface area contributed by atoms with Crippen LogP contribution >= 0.6 is 11.6 Å². The van der Waals surface area contributed by atoms with E-state index >= 15 is 0 Å². The van der Waals surface area contributed by atoms with Crippen LogP contribution in [-0.2, 0) is 6.54 Å². The van der Waals surface area contributed by atoms with Crippen molar-refractivity contribution in [3.05, 3.63) is 78.0 Å². The van der Waals surface area contributed by atoms with Crippen molar-refractivity contribution >= 4 is 39.8 Å². The third-order valence-corrected chi connectivity index (χ3v) is 4.84. The van der Waals surface area contributed by atoms with Gasteiger partial charge in [-0.1, -0.05) is 23.7 Å². The first-order valence-electron chi connectivity index (χ1n) is 9.07. The number of nitrogens with one attached hydrogen (secondary N) is 3. The monoisotopic (exact) mass is 393 g/mol. The van der Waals surface area contributed by atoms with Crippen molar-refractivity contribution in [3.63, 3.8) is 0 Å². The standard InChI is InChI=1S/C21H20ClN5O/c22-17-12-15-6-8-25-20(15)13-16(17)21(28)26-19-5-2-1-4-18(19)24-7-3-10-27-11-9-23-14-27/h1-2,4-6,8-9,11-14,24-25H,3,7,10H2,(H,26,28). The summed E-state index contributed by atoms with van der Waals surface area (Å²) < 4.78 is 2.04. The highest BCUT2D eigenvalue weighted by Crippen LogP contribution is 2.26. The minimum atomic E-state index is -0.242. The van der Waals surface area contributed by atoms with Gasteiger partial charge < -0.3 is 20.2 Å². The van der Waals surface area contributed by atoms with Crippen LogP contribution < -0.4 is 10.6 Å². The zero-order valence-electron chi connectivity index (χ0n) is 15.2. The average Bonchev–Trinajstić information content (AvgIpc) is 3.37. The molecule has 28 heavy (non-hydrogen) atoms. The first-order valence-corrected chi connectivity index (χ1v) is 9.45. The van der Waals surface area contributed by atoms with Gasteiger partial charge in [0.05, 0.1) is 28.3 Å². The second kappa shape index (κ2) is 8.19. The van der Waals surface area contributed by atoms with E-state index in [9.17, 15) is 4.79 Å². The number of imidazole rings is 1. The van der Waals surface area contributed by atoms with Gasteiger partial charge in [-0.15, -0.1) is 0 Å². The van der Waals surface area contributed by atoms with Crippen molar-refractivity contribution in [2.45, 2.75) is 13.0 Å². The lowest BCUT2D eigenvalue weighted by Gasteiger charge is -2.14. The lowest BCUT2D eigenvalue weighted by molar-refractivity contribution is 0.102. The number of aryl methyl sites for hydroxylation is 1. The maximum atomic E-state index is 12.8. The quantitative estimate of drug-likeness (QED) is 0.396. The van der Waals surface area contributed by atoms with E-state index in [0.717, 1.165) is 41.8 Å². The van der Waals surface area contributed by atoms with Gasteiger partial charge in [0.2, 0.25) is 0 Å². The molecule has 142 valence electrons. The fraction of sp³-hybridized carbons (Fsp3) is 0.143. The Hall–Kier alpha value is -3.25. The molecule has 3 N–H and O–H groups in total. The molecular weight excluding hydrogens is 374 g/mol. The van der Waals surface area contributed by atoms with Crippen LogP contribution in [-0.4, -0.2) is 27.0 Å². The van der Waals surface area contributed by atoms with E-state index in [4.69, 9.17) is 11.6 Å². The fourth-order valence-corrected chi connectivity index (χ4v) is 3.34. The molecule has 0 atom stereocenters. The first kappa shape index (κ1) is 18.1. The summed E-state index contributed by atoms with van der Waals surface area (Å²) in [5.74, 6) is -0.242. The molecule has 2 aromatic heterocycles. The number of hydrogen-bond donors (Lipinski definition) is 3. The van der Waals surface area contributed by atoms with Crippen LogP contribution in [0.25, 0.3) is 10.9 Å². The Kier molecular flexibility index (Phi) is 5.30. The van der Waals surface area contributed by atoms with Crippen molar-refractivity contribution in [1.29, 1.82) is 0 Å². The summed E-state index contributed by atoms with van der Waals surface area (Å²) in [4.78, 5) is 19.9. The molecular formula is C21H20ClN5O. The topological polar surface area (TPSA) is 74.7 Å². The van der Waals surface area contributed by atoms with Crippen LogP contribution in [0, 0.1) is 0 Å². The molecule has 0 radical (unpaired) electrons. The molecule has 0 spiro atoms. The van der Waals surface area contributed by atoms with Crippen LogP contribution in [0.3, 0.4) is 0 Å². The number of H-pyrrole nitrogens is 1. The fourth-order valence-electron chi connectivity index (χ4n) is 3.09. The molecule has 0 bridgehead atoms. The van der Waals surface area contributed by atoms with Gasteiger partial charge in [-0.05, 0) is 36.8 Å². The molecule has 0 aliphatic carbocycles. The number of fused-ring (bicyclic) bond motifs is 1. The first-order chi connectivity index (χ1) is 13.7. The minimum Gasteiger partial charge on any atom is -0.383 e. The summed E-state index contributed by atoms with van der Waals surface area (Å²) in [6, 6.07) is 13.1. The van der Waals surface area contributed by atoms with Gasteiger partial charge in [0.1, 0.15) is 0 Å². The second-order valence-electron chi connectivity index (χ2n) is 6.48. The number of aromatic nitrogens is 3. The lowest BCUT2D eigenvalue weighted by Crippen LogP contribution is -2.15. The maximum Gasteiger partial charge on any atom is 0.257 e. The van der Waals surface area contributed by atoms with Gasteiger partial charge >= 0.3 is 0 Å². The molecule has 4 rings (SSSR count). The molecule has 0 saturated heterocycles. The molecule has 2 aromatic carbocycles. The largest absolute Gasteiger partial charge is 0.383 e. The van der Waals surface area contributed by atoms with Gasteiger partial charge in [-0.3, -0.25) is 4.79 Å². The Bertz CT molecular complexity index is 1090. The van der Waals surface area contributed by atoms with Crippen molar-refractivity contribution in [2.24, 2.45) is 0 Å². The molecule has 0 unspecified atom stereocenters. The van der Waals surface area contributed by atoms with Crippen LogP contribution in [0.4, 0.5) is 11.4 Å². The molecule has 7 heteroatoms. The molecule has 0 aliphatic rings. The summed E-state index contributed by atoms with van der Waals surface area (Å²) in [7, 11) is 0. The number of rotatable bonds is 7. The number of anilines is 2. The second-order valence-corrected chi connectivity index (χ2v) is 6.88. The molecule has 6 nitrogen and oxygen atoms in total. The van der Waals surface area contributed by atoms with Crippen LogP contribution in [0.1, 0.15) is 16.8 Å². The molecule has 2 heterocycles. The highest BCUT2D eigenvalue weighted by molar-refractivity contribution is 6.35. The van der Waals surface area contributed by atoms with Crippen molar-refractivity contribution < 1.29 is 4.79 Å². The SMILES string of the molecule is O=C(Nc1ccccc1NCCCn1ccnc1)c1cc2[nH]ccc2cc1Cl. The number of hydrogen-bond acceptors (Lipinski definition) is 3. The third kappa shape index (κ3) is 4.02. The predicted octanol–water partition coefficient (Wildman–Crippen LogP) is 4.77. The number of carbonyl (C=O) groups excluding carboxylic acids is 1. The smallest absolute Gasteiger partial charge is 0.257 e. The van der Waals surface area contributed by atoms with Crippen molar-refractivity contribution in [2.75, 3.05) is 17.2 Å². The highest BCUT2D eigenvalue weighted by Gasteiger charge is 2.14. The van der Waals surface area contributed by atoms with Crippen molar-refractivity contribution in [3.8, 4) is 0 Å². The highest BCUT2D eigenvalue weighted by atomic mass is 35.5. The predicted molar refractivity (Wildman–Crippen MR) is 113 cm³/mol. The van der Waals surface area contributed by atoms with E-state index in [-0.39, 0.29) is 5.91 Å². The normalized spacial score (nSPS) is 10.9. The van der Waals surface area contributed by atoms with Gasteiger partial charge in [0, 0.05) is 42.6 Å². The van der Waals surface area contributed by atoms with Crippen molar-refractivity contribution in [1.82, 2.24) is 14.5 Å². The number of aromatic amines is 1. The van der Waals surface area contributed by atoms with Crippen LogP contribution in [0.2, 0.25) is 5.02 Å². The van der Waals surface area contributed by atoms with E-state index in [1.54, 1.807) is 24.7 Å². The Balaban J connectivity index is 1.43. The number of amides is 1. The van der Waals surface area contributed by atoms with Crippen LogP contribution in [0.15, 0.2) is 67.4 Å². The van der Waals surface area contributed by atoms with E-state index in [1.165, 1.54) is 0 Å². The summed E-state index contributed by atoms with van der Waals surface area (Å²) in [5, 5.41) is 7.75. The van der Waals surface area contributed by atoms with E-state index in [1.807, 2.05) is 47.3 Å². The summed E-state index contributed by atoms with van der Waals surface area (Å²) >= 11 is 6.31. The summed E-state index contributed by atoms with van der Waals surface area (Å²) in [6.07, 6.45) is 8.28. The average molecular weight is 394 g/mol. The molecule has 0 aliphatic heterocycles. The van der Waals surface area contributed by atoms with Gasteiger partial charge in [0.25, 0.3) is 5.91 Å². The molecule has 4 aromatic rings. The molecule has 0 saturated carbocycles. The number of benzene rings is 2. The number of halogens is 1. The van der Waals surface area contributed by atoms with E-state index < -0.39 is 0 Å². The Morgan fingerprint density at radius 2 is 2.04 bits per heavy atom. The van der Waals surface area contributed by atoms with Gasteiger partial charge in [-0.2, -0.15) is 0 Å².